The molecular formula is C18H24N4O3. The average Bonchev–Trinajstić information content (AvgIpc) is 3.16. The zero-order chi connectivity index (χ0) is 17.8. The van der Waals surface area contributed by atoms with Gasteiger partial charge in [0, 0.05) is 38.2 Å². The summed E-state index contributed by atoms with van der Waals surface area (Å²) < 4.78 is 10.5. The van der Waals surface area contributed by atoms with Crippen LogP contribution in [0, 0.1) is 0 Å². The van der Waals surface area contributed by atoms with Gasteiger partial charge in [-0.15, -0.1) is 0 Å². The van der Waals surface area contributed by atoms with Gasteiger partial charge in [0.25, 0.3) is 5.91 Å². The van der Waals surface area contributed by atoms with Gasteiger partial charge in [-0.25, -0.2) is 0 Å². The van der Waals surface area contributed by atoms with Crippen LogP contribution >= 0.6 is 0 Å². The van der Waals surface area contributed by atoms with Gasteiger partial charge in [-0.3, -0.25) is 9.69 Å². The van der Waals surface area contributed by atoms with E-state index in [4.69, 9.17) is 9.26 Å². The summed E-state index contributed by atoms with van der Waals surface area (Å²) in [4.78, 5) is 21.2. The molecule has 0 radical (unpaired) electrons. The molecule has 0 N–H and O–H groups in total. The number of methoxy groups -OCH3 is 1. The maximum atomic E-state index is 12.6. The zero-order valence-corrected chi connectivity index (χ0v) is 14.9. The van der Waals surface area contributed by atoms with E-state index in [9.17, 15) is 4.79 Å². The fourth-order valence-corrected chi connectivity index (χ4v) is 2.97. The summed E-state index contributed by atoms with van der Waals surface area (Å²) in [7, 11) is 1.62. The van der Waals surface area contributed by atoms with E-state index in [0.717, 1.165) is 31.1 Å². The maximum absolute atomic E-state index is 12.6. The van der Waals surface area contributed by atoms with Crippen molar-refractivity contribution in [2.75, 3.05) is 33.3 Å². The molecule has 1 amide bonds. The molecule has 1 aromatic heterocycles. The Balaban J connectivity index is 1.58. The van der Waals surface area contributed by atoms with Crippen molar-refractivity contribution >= 4 is 5.91 Å². The molecule has 1 saturated heterocycles. The van der Waals surface area contributed by atoms with Crippen LogP contribution in [-0.4, -0.2) is 59.1 Å². The number of hydrogen-bond acceptors (Lipinski definition) is 6. The molecule has 2 heterocycles. The Morgan fingerprint density at radius 3 is 2.48 bits per heavy atom. The third kappa shape index (κ3) is 3.82. The Labute approximate surface area is 147 Å². The minimum absolute atomic E-state index is 0.0565. The number of piperazine rings is 1. The SMILES string of the molecule is CCc1noc([C@H](C)N2CCN(C(=O)c3ccc(OC)cc3)CC2)n1. The predicted octanol–water partition coefficient (Wildman–Crippen LogP) is 2.16. The number of carbonyl (C=O) groups is 1. The van der Waals surface area contributed by atoms with Crippen molar-refractivity contribution in [2.24, 2.45) is 0 Å². The summed E-state index contributed by atoms with van der Waals surface area (Å²) in [6.07, 6.45) is 0.764. The Morgan fingerprint density at radius 1 is 1.24 bits per heavy atom. The number of aryl methyl sites for hydroxylation is 1. The second-order valence-corrected chi connectivity index (χ2v) is 6.14. The van der Waals surface area contributed by atoms with Crippen molar-refractivity contribution in [3.8, 4) is 5.75 Å². The van der Waals surface area contributed by atoms with Crippen LogP contribution in [0.25, 0.3) is 0 Å². The van der Waals surface area contributed by atoms with Gasteiger partial charge in [0.05, 0.1) is 13.2 Å². The third-order valence-corrected chi connectivity index (χ3v) is 4.64. The van der Waals surface area contributed by atoms with Crippen molar-refractivity contribution < 1.29 is 14.1 Å². The second kappa shape index (κ2) is 7.65. The number of benzene rings is 1. The monoisotopic (exact) mass is 344 g/mol. The number of ether oxygens (including phenoxy) is 1. The largest absolute Gasteiger partial charge is 0.497 e. The molecule has 3 rings (SSSR count). The molecule has 7 heteroatoms. The highest BCUT2D eigenvalue weighted by atomic mass is 16.5. The minimum Gasteiger partial charge on any atom is -0.497 e. The lowest BCUT2D eigenvalue weighted by Crippen LogP contribution is -2.49. The molecule has 0 spiro atoms. The third-order valence-electron chi connectivity index (χ3n) is 4.64. The first-order valence-electron chi connectivity index (χ1n) is 8.62. The summed E-state index contributed by atoms with van der Waals surface area (Å²) in [5, 5.41) is 3.96. The zero-order valence-electron chi connectivity index (χ0n) is 14.9. The summed E-state index contributed by atoms with van der Waals surface area (Å²) >= 11 is 0. The lowest BCUT2D eigenvalue weighted by atomic mass is 10.1. The lowest BCUT2D eigenvalue weighted by Gasteiger charge is -2.36. The minimum atomic E-state index is 0.0565. The molecule has 0 bridgehead atoms. The van der Waals surface area contributed by atoms with Crippen molar-refractivity contribution in [3.05, 3.63) is 41.5 Å². The van der Waals surface area contributed by atoms with E-state index in [-0.39, 0.29) is 11.9 Å². The van der Waals surface area contributed by atoms with Crippen LogP contribution in [0.5, 0.6) is 5.75 Å². The van der Waals surface area contributed by atoms with Crippen LogP contribution < -0.4 is 4.74 Å². The maximum Gasteiger partial charge on any atom is 0.253 e. The number of hydrogen-bond donors (Lipinski definition) is 0. The van der Waals surface area contributed by atoms with Crippen LogP contribution in [-0.2, 0) is 6.42 Å². The molecule has 1 aliphatic heterocycles. The Hall–Kier alpha value is -2.41. The highest BCUT2D eigenvalue weighted by Crippen LogP contribution is 2.21. The summed E-state index contributed by atoms with van der Waals surface area (Å²) in [6, 6.07) is 7.30. The average molecular weight is 344 g/mol. The van der Waals surface area contributed by atoms with Crippen LogP contribution in [0.3, 0.4) is 0 Å². The molecule has 1 atom stereocenters. The van der Waals surface area contributed by atoms with Gasteiger partial charge >= 0.3 is 0 Å². The number of nitrogens with zero attached hydrogens (tertiary/aromatic N) is 4. The topological polar surface area (TPSA) is 71.7 Å². The first-order valence-corrected chi connectivity index (χ1v) is 8.62. The van der Waals surface area contributed by atoms with Crippen molar-refractivity contribution in [1.29, 1.82) is 0 Å². The molecular weight excluding hydrogens is 320 g/mol. The van der Waals surface area contributed by atoms with Crippen LogP contribution in [0.1, 0.15) is 42.0 Å². The van der Waals surface area contributed by atoms with Gasteiger partial charge < -0.3 is 14.2 Å². The van der Waals surface area contributed by atoms with Gasteiger partial charge in [-0.1, -0.05) is 12.1 Å². The smallest absolute Gasteiger partial charge is 0.253 e. The molecule has 0 saturated carbocycles. The van der Waals surface area contributed by atoms with Gasteiger partial charge in [-0.2, -0.15) is 4.98 Å². The summed E-state index contributed by atoms with van der Waals surface area (Å²) in [5.74, 6) is 2.18. The number of amides is 1. The fourth-order valence-electron chi connectivity index (χ4n) is 2.97. The Morgan fingerprint density at radius 2 is 1.92 bits per heavy atom. The number of rotatable bonds is 5. The quantitative estimate of drug-likeness (QED) is 0.828. The second-order valence-electron chi connectivity index (χ2n) is 6.14. The molecule has 1 fully saturated rings. The van der Waals surface area contributed by atoms with Crippen molar-refractivity contribution in [3.63, 3.8) is 0 Å². The molecule has 134 valence electrons. The molecule has 7 nitrogen and oxygen atoms in total. The Kier molecular flexibility index (Phi) is 5.33. The van der Waals surface area contributed by atoms with Gasteiger partial charge in [-0.05, 0) is 31.2 Å². The van der Waals surface area contributed by atoms with Gasteiger partial charge in [0.2, 0.25) is 5.89 Å². The molecule has 0 unspecified atom stereocenters. The van der Waals surface area contributed by atoms with Crippen LogP contribution in [0.4, 0.5) is 0 Å². The van der Waals surface area contributed by atoms with E-state index in [1.807, 2.05) is 24.0 Å². The predicted molar refractivity (Wildman–Crippen MR) is 92.6 cm³/mol. The van der Waals surface area contributed by atoms with Gasteiger partial charge in [0.1, 0.15) is 5.75 Å². The fraction of sp³-hybridized carbons (Fsp3) is 0.500. The molecule has 1 aliphatic rings. The van der Waals surface area contributed by atoms with Gasteiger partial charge in [0.15, 0.2) is 5.82 Å². The number of aromatic nitrogens is 2. The molecule has 0 aliphatic carbocycles. The molecule has 25 heavy (non-hydrogen) atoms. The van der Waals surface area contributed by atoms with E-state index in [2.05, 4.69) is 22.0 Å². The summed E-state index contributed by atoms with van der Waals surface area (Å²) in [6.45, 7) is 7.00. The van der Waals surface area contributed by atoms with E-state index in [0.29, 0.717) is 24.5 Å². The van der Waals surface area contributed by atoms with E-state index < -0.39 is 0 Å². The van der Waals surface area contributed by atoms with E-state index >= 15 is 0 Å². The van der Waals surface area contributed by atoms with Crippen molar-refractivity contribution in [1.82, 2.24) is 19.9 Å². The highest BCUT2D eigenvalue weighted by molar-refractivity contribution is 5.94. The normalized spacial score (nSPS) is 16.7. The van der Waals surface area contributed by atoms with E-state index in [1.165, 1.54) is 0 Å². The van der Waals surface area contributed by atoms with E-state index in [1.54, 1.807) is 19.2 Å². The highest BCUT2D eigenvalue weighted by Gasteiger charge is 2.27. The van der Waals surface area contributed by atoms with Crippen LogP contribution in [0.2, 0.25) is 0 Å². The number of carbonyl (C=O) groups excluding carboxylic acids is 1. The molecule has 1 aromatic carbocycles. The molecule has 2 aromatic rings. The summed E-state index contributed by atoms with van der Waals surface area (Å²) in [5.41, 5.74) is 0.687. The Bertz CT molecular complexity index is 705. The first kappa shape index (κ1) is 17.4. The van der Waals surface area contributed by atoms with Crippen LogP contribution in [0.15, 0.2) is 28.8 Å². The standard InChI is InChI=1S/C18H24N4O3/c1-4-16-19-17(25-20-16)13(2)21-9-11-22(12-10-21)18(23)14-5-7-15(24-3)8-6-14/h5-8,13H,4,9-12H2,1-3H3/t13-/m0/s1. The van der Waals surface area contributed by atoms with Crippen molar-refractivity contribution in [2.45, 2.75) is 26.3 Å². The first-order chi connectivity index (χ1) is 12.1. The lowest BCUT2D eigenvalue weighted by molar-refractivity contribution is 0.0551.